The molecule has 0 aliphatic rings. The Morgan fingerprint density at radius 3 is 1.63 bits per heavy atom. The highest BCUT2D eigenvalue weighted by Crippen LogP contribution is 2.31. The number of carboxylic acid groups (broad SMARTS) is 1. The molecule has 0 aliphatic carbocycles. The van der Waals surface area contributed by atoms with Crippen molar-refractivity contribution in [2.75, 3.05) is 0 Å². The minimum atomic E-state index is -0.670. The molecule has 0 aliphatic heterocycles. The minimum Gasteiger partial charge on any atom is -0.481 e. The van der Waals surface area contributed by atoms with Crippen LogP contribution in [-0.4, -0.2) is 11.1 Å². The van der Waals surface area contributed by atoms with E-state index in [0.29, 0.717) is 0 Å². The second-order valence-electron chi connectivity index (χ2n) is 9.01. The Bertz CT molecular complexity index is 371. The SMILES string of the molecule is CCCCCCCC/C=C\CCCCCCCCCC(C)C(C)(C)C(=O)O. The highest BCUT2D eigenvalue weighted by molar-refractivity contribution is 5.73. The maximum Gasteiger partial charge on any atom is 0.309 e. The second kappa shape index (κ2) is 17.3. The first-order chi connectivity index (χ1) is 12.9. The van der Waals surface area contributed by atoms with Gasteiger partial charge >= 0.3 is 5.97 Å². The fourth-order valence-electron chi connectivity index (χ4n) is 3.45. The molecule has 0 bridgehead atoms. The van der Waals surface area contributed by atoms with Crippen LogP contribution in [-0.2, 0) is 4.79 Å². The van der Waals surface area contributed by atoms with E-state index >= 15 is 0 Å². The van der Waals surface area contributed by atoms with Gasteiger partial charge in [0.1, 0.15) is 0 Å². The van der Waals surface area contributed by atoms with Crippen molar-refractivity contribution >= 4 is 5.97 Å². The van der Waals surface area contributed by atoms with Gasteiger partial charge in [-0.05, 0) is 51.9 Å². The molecule has 1 atom stereocenters. The monoisotopic (exact) mass is 380 g/mol. The van der Waals surface area contributed by atoms with Gasteiger partial charge in [0.25, 0.3) is 0 Å². The predicted octanol–water partition coefficient (Wildman–Crippen LogP) is 8.55. The lowest BCUT2D eigenvalue weighted by Crippen LogP contribution is -2.31. The zero-order chi connectivity index (χ0) is 20.4. The molecule has 0 fully saturated rings. The van der Waals surface area contributed by atoms with Crippen molar-refractivity contribution in [1.82, 2.24) is 0 Å². The van der Waals surface area contributed by atoms with Gasteiger partial charge in [-0.1, -0.05) is 96.6 Å². The summed E-state index contributed by atoms with van der Waals surface area (Å²) < 4.78 is 0. The van der Waals surface area contributed by atoms with Gasteiger partial charge < -0.3 is 5.11 Å². The summed E-state index contributed by atoms with van der Waals surface area (Å²) in [5.74, 6) is -0.422. The topological polar surface area (TPSA) is 37.3 Å². The lowest BCUT2D eigenvalue weighted by Gasteiger charge is -2.27. The summed E-state index contributed by atoms with van der Waals surface area (Å²) in [6.45, 7) is 8.05. The van der Waals surface area contributed by atoms with Gasteiger partial charge in [0, 0.05) is 0 Å². The molecule has 0 radical (unpaired) electrons. The van der Waals surface area contributed by atoms with Crippen LogP contribution in [0.3, 0.4) is 0 Å². The van der Waals surface area contributed by atoms with E-state index in [-0.39, 0.29) is 5.92 Å². The normalized spacial score (nSPS) is 13.3. The zero-order valence-electron chi connectivity index (χ0n) is 18.9. The molecule has 0 aromatic heterocycles. The zero-order valence-corrected chi connectivity index (χ0v) is 18.9. The molecule has 0 heterocycles. The van der Waals surface area contributed by atoms with Gasteiger partial charge in [-0.3, -0.25) is 4.79 Å². The Kier molecular flexibility index (Phi) is 16.8. The average Bonchev–Trinajstić information content (AvgIpc) is 2.63. The number of unbranched alkanes of at least 4 members (excludes halogenated alkanes) is 13. The van der Waals surface area contributed by atoms with Crippen LogP contribution in [0, 0.1) is 11.3 Å². The van der Waals surface area contributed by atoms with Gasteiger partial charge in [0.15, 0.2) is 0 Å². The summed E-state index contributed by atoms with van der Waals surface area (Å²) in [4.78, 5) is 11.2. The van der Waals surface area contributed by atoms with Crippen LogP contribution >= 0.6 is 0 Å². The Labute approximate surface area is 170 Å². The van der Waals surface area contributed by atoms with Gasteiger partial charge in [-0.15, -0.1) is 0 Å². The summed E-state index contributed by atoms with van der Waals surface area (Å²) in [6.07, 6.45) is 25.7. The number of carboxylic acids is 1. The van der Waals surface area contributed by atoms with Crippen molar-refractivity contribution in [3.63, 3.8) is 0 Å². The van der Waals surface area contributed by atoms with Crippen LogP contribution in [0.1, 0.15) is 130 Å². The smallest absolute Gasteiger partial charge is 0.309 e. The van der Waals surface area contributed by atoms with E-state index < -0.39 is 11.4 Å². The molecule has 1 unspecified atom stereocenters. The number of rotatable bonds is 19. The molecule has 0 saturated carbocycles. The third-order valence-corrected chi connectivity index (χ3v) is 6.18. The molecule has 160 valence electrons. The Balaban J connectivity index is 3.34. The van der Waals surface area contributed by atoms with E-state index in [0.717, 1.165) is 6.42 Å². The van der Waals surface area contributed by atoms with Crippen molar-refractivity contribution in [3.8, 4) is 0 Å². The first-order valence-corrected chi connectivity index (χ1v) is 11.8. The van der Waals surface area contributed by atoms with Crippen molar-refractivity contribution < 1.29 is 9.90 Å². The Hall–Kier alpha value is -0.790. The molecule has 0 amide bonds. The van der Waals surface area contributed by atoms with Crippen molar-refractivity contribution in [2.24, 2.45) is 11.3 Å². The molecule has 0 saturated heterocycles. The fraction of sp³-hybridized carbons (Fsp3) is 0.880. The number of allylic oxidation sites excluding steroid dienone is 2. The van der Waals surface area contributed by atoms with E-state index in [1.54, 1.807) is 0 Å². The van der Waals surface area contributed by atoms with Gasteiger partial charge in [-0.25, -0.2) is 0 Å². The van der Waals surface area contributed by atoms with Crippen LogP contribution in [0.15, 0.2) is 12.2 Å². The van der Waals surface area contributed by atoms with Crippen molar-refractivity contribution in [1.29, 1.82) is 0 Å². The number of aliphatic carboxylic acids is 1. The standard InChI is InChI=1S/C25H48O2/c1-5-6-7-8-9-10-11-12-13-14-15-16-17-18-19-20-21-22-23(2)25(3,4)24(26)27/h12-13,23H,5-11,14-22H2,1-4H3,(H,26,27)/b13-12-. The third kappa shape index (κ3) is 14.9. The molecule has 2 nitrogen and oxygen atoms in total. The maximum atomic E-state index is 11.2. The molecule has 0 spiro atoms. The maximum absolute atomic E-state index is 11.2. The van der Waals surface area contributed by atoms with Gasteiger partial charge in [0.05, 0.1) is 5.41 Å². The molecule has 0 aromatic carbocycles. The summed E-state index contributed by atoms with van der Waals surface area (Å²) in [6, 6.07) is 0. The fourth-order valence-corrected chi connectivity index (χ4v) is 3.45. The average molecular weight is 381 g/mol. The van der Waals surface area contributed by atoms with Gasteiger partial charge in [0.2, 0.25) is 0 Å². The third-order valence-electron chi connectivity index (χ3n) is 6.18. The second-order valence-corrected chi connectivity index (χ2v) is 9.01. The largest absolute Gasteiger partial charge is 0.481 e. The van der Waals surface area contributed by atoms with Crippen molar-refractivity contribution in [3.05, 3.63) is 12.2 Å². The van der Waals surface area contributed by atoms with Crippen LogP contribution in [0.2, 0.25) is 0 Å². The summed E-state index contributed by atoms with van der Waals surface area (Å²) in [7, 11) is 0. The first kappa shape index (κ1) is 26.2. The highest BCUT2D eigenvalue weighted by Gasteiger charge is 2.33. The molecule has 2 heteroatoms. The molecule has 1 N–H and O–H groups in total. The van der Waals surface area contributed by atoms with E-state index in [1.165, 1.54) is 96.3 Å². The summed E-state index contributed by atoms with van der Waals surface area (Å²) in [5.41, 5.74) is -0.595. The quantitative estimate of drug-likeness (QED) is 0.180. The Morgan fingerprint density at radius 2 is 1.19 bits per heavy atom. The first-order valence-electron chi connectivity index (χ1n) is 11.8. The lowest BCUT2D eigenvalue weighted by atomic mass is 9.77. The van der Waals surface area contributed by atoms with E-state index in [2.05, 4.69) is 26.0 Å². The van der Waals surface area contributed by atoms with Crippen molar-refractivity contribution in [2.45, 2.75) is 130 Å². The molecular weight excluding hydrogens is 332 g/mol. The Morgan fingerprint density at radius 1 is 0.778 bits per heavy atom. The minimum absolute atomic E-state index is 0.248. The van der Waals surface area contributed by atoms with E-state index in [9.17, 15) is 9.90 Å². The predicted molar refractivity (Wildman–Crippen MR) is 119 cm³/mol. The molecule has 0 aromatic rings. The lowest BCUT2D eigenvalue weighted by molar-refractivity contribution is -0.149. The summed E-state index contributed by atoms with van der Waals surface area (Å²) >= 11 is 0. The van der Waals surface area contributed by atoms with Crippen LogP contribution < -0.4 is 0 Å². The number of hydrogen-bond donors (Lipinski definition) is 1. The number of hydrogen-bond acceptors (Lipinski definition) is 1. The highest BCUT2D eigenvalue weighted by atomic mass is 16.4. The van der Waals surface area contributed by atoms with E-state index in [4.69, 9.17) is 0 Å². The van der Waals surface area contributed by atoms with E-state index in [1.807, 2.05) is 13.8 Å². The van der Waals surface area contributed by atoms with Crippen LogP contribution in [0.5, 0.6) is 0 Å². The van der Waals surface area contributed by atoms with Gasteiger partial charge in [-0.2, -0.15) is 0 Å². The molecule has 0 rings (SSSR count). The van der Waals surface area contributed by atoms with Crippen LogP contribution in [0.25, 0.3) is 0 Å². The van der Waals surface area contributed by atoms with Crippen LogP contribution in [0.4, 0.5) is 0 Å². The number of carbonyl (C=O) groups is 1. The summed E-state index contributed by atoms with van der Waals surface area (Å²) in [5, 5.41) is 9.25. The molecule has 27 heavy (non-hydrogen) atoms. The molecular formula is C25H48O2.